The predicted molar refractivity (Wildman–Crippen MR) is 89.5 cm³/mol. The van der Waals surface area contributed by atoms with E-state index in [1.54, 1.807) is 28.2 Å². The minimum atomic E-state index is 0. The molecule has 0 heterocycles. The van der Waals surface area contributed by atoms with Gasteiger partial charge in [0.2, 0.25) is 0 Å². The van der Waals surface area contributed by atoms with Crippen LogP contribution < -0.4 is 12.4 Å². The molecule has 0 N–H and O–H groups in total. The average molecular weight is 492 g/mol. The normalized spacial score (nSPS) is 28.6. The molecule has 0 aromatic heterocycles. The summed E-state index contributed by atoms with van der Waals surface area (Å²) in [7, 11) is 0. The van der Waals surface area contributed by atoms with E-state index in [1.807, 2.05) is 0 Å². The molecule has 4 rings (SSSR count). The van der Waals surface area contributed by atoms with Gasteiger partial charge in [0.05, 0.1) is 0 Å². The summed E-state index contributed by atoms with van der Waals surface area (Å²) in [6.45, 7) is 4.30. The number of hydrogen-bond acceptors (Lipinski definition) is 0. The van der Waals surface area contributed by atoms with Gasteiger partial charge in [-0.1, -0.05) is 34.4 Å². The third-order valence-corrected chi connectivity index (χ3v) is 5.93. The number of hydrogen-bond donors (Lipinski definition) is 0. The fraction of sp³-hybridized carbons (Fsp3) is 0.524. The Hall–Kier alpha value is 0.120. The summed E-state index contributed by atoms with van der Waals surface area (Å²) in [5.41, 5.74) is 6.77. The van der Waals surface area contributed by atoms with E-state index < -0.39 is 0 Å². The van der Waals surface area contributed by atoms with Crippen LogP contribution in [0.3, 0.4) is 0 Å². The molecule has 4 aliphatic carbocycles. The summed E-state index contributed by atoms with van der Waals surface area (Å²) in [5, 5.41) is 0. The van der Waals surface area contributed by atoms with Crippen LogP contribution in [0.25, 0.3) is 0 Å². The summed E-state index contributed by atoms with van der Waals surface area (Å²) < 4.78 is 0. The van der Waals surface area contributed by atoms with E-state index in [-0.39, 0.29) is 38.3 Å². The first kappa shape index (κ1) is 19.4. The van der Waals surface area contributed by atoms with Gasteiger partial charge in [0.1, 0.15) is 0 Å². The molecule has 23 heavy (non-hydrogen) atoms. The zero-order valence-electron chi connectivity index (χ0n) is 13.9. The average Bonchev–Trinajstić information content (AvgIpc) is 3.14. The Labute approximate surface area is 166 Å². The predicted octanol–water partition coefficient (Wildman–Crippen LogP) is 2.90. The molecule has 0 saturated carbocycles. The van der Waals surface area contributed by atoms with Crippen LogP contribution >= 0.6 is 0 Å². The summed E-state index contributed by atoms with van der Waals surface area (Å²) in [6.07, 6.45) is 21.6. The van der Waals surface area contributed by atoms with Crippen molar-refractivity contribution in [1.29, 1.82) is 0 Å². The van der Waals surface area contributed by atoms with Crippen LogP contribution in [0.1, 0.15) is 57.8 Å². The van der Waals surface area contributed by atoms with Crippen molar-refractivity contribution in [2.45, 2.75) is 57.8 Å². The van der Waals surface area contributed by atoms with E-state index in [1.165, 1.54) is 51.4 Å². The summed E-state index contributed by atoms with van der Waals surface area (Å²) in [4.78, 5) is 0. The molecular weight excluding hydrogens is 466 g/mol. The van der Waals surface area contributed by atoms with Gasteiger partial charge in [0.25, 0.3) is 0 Å². The standard InChI is InChI=1S/C21H26.ClH.Hf/c1-2-17(20-13-11-15-7-3-5-9-18(15)20)21-14-12-16-8-4-6-10-19(16)21;;/h11-14,20-21H,1-10H2;1H;/q-2;;/p-1. The van der Waals surface area contributed by atoms with Crippen LogP contribution in [-0.4, -0.2) is 0 Å². The number of rotatable bonds is 3. The second kappa shape index (κ2) is 8.48. The zero-order valence-corrected chi connectivity index (χ0v) is 18.3. The first-order valence-electron chi connectivity index (χ1n) is 8.83. The van der Waals surface area contributed by atoms with Crippen LogP contribution in [0, 0.1) is 24.7 Å². The van der Waals surface area contributed by atoms with Crippen molar-refractivity contribution >= 4 is 0 Å². The second-order valence-corrected chi connectivity index (χ2v) is 7.01. The van der Waals surface area contributed by atoms with Crippen LogP contribution in [0.4, 0.5) is 0 Å². The second-order valence-electron chi connectivity index (χ2n) is 7.01. The molecule has 0 fully saturated rings. The van der Waals surface area contributed by atoms with E-state index >= 15 is 0 Å². The fourth-order valence-electron chi connectivity index (χ4n) is 4.85. The van der Waals surface area contributed by atoms with Crippen LogP contribution in [0.2, 0.25) is 0 Å². The Kier molecular flexibility index (Phi) is 7.17. The molecule has 0 nitrogen and oxygen atoms in total. The Morgan fingerprint density at radius 2 is 1.26 bits per heavy atom. The molecule has 2 unspecified atom stereocenters. The van der Waals surface area contributed by atoms with Gasteiger partial charge in [0, 0.05) is 25.8 Å². The van der Waals surface area contributed by atoms with Crippen molar-refractivity contribution in [2.75, 3.05) is 0 Å². The first-order chi connectivity index (χ1) is 10.4. The minimum Gasteiger partial charge on any atom is -1.00 e. The van der Waals surface area contributed by atoms with Gasteiger partial charge in [-0.05, 0) is 51.4 Å². The van der Waals surface area contributed by atoms with Gasteiger partial charge in [-0.2, -0.15) is 0 Å². The molecule has 0 aromatic rings. The number of halogens is 1. The molecule has 0 saturated heterocycles. The van der Waals surface area contributed by atoms with Gasteiger partial charge in [-0.3, -0.25) is 0 Å². The zero-order chi connectivity index (χ0) is 14.2. The molecule has 0 bridgehead atoms. The van der Waals surface area contributed by atoms with Gasteiger partial charge < -0.3 is 31.7 Å². The molecule has 0 spiro atoms. The minimum absolute atomic E-state index is 0. The van der Waals surface area contributed by atoms with Crippen LogP contribution in [0.15, 0.2) is 46.6 Å². The van der Waals surface area contributed by atoms with Gasteiger partial charge in [0.15, 0.2) is 0 Å². The topological polar surface area (TPSA) is 0 Å². The maximum atomic E-state index is 4.30. The molecule has 2 heteroatoms. The summed E-state index contributed by atoms with van der Waals surface area (Å²) in [6, 6.07) is 0. The van der Waals surface area contributed by atoms with E-state index in [0.717, 1.165) is 6.42 Å². The smallest absolute Gasteiger partial charge is 0 e. The molecule has 0 aromatic carbocycles. The van der Waals surface area contributed by atoms with Crippen LogP contribution in [-0.2, 0) is 25.8 Å². The van der Waals surface area contributed by atoms with E-state index in [9.17, 15) is 0 Å². The SMILES string of the molecule is [CH2-]C[C-](C1C=CC2=C1CCCC2)C1C=CC2=C1CCCC2.[Cl-].[Hf]. The number of allylic oxidation sites excluding steroid dienone is 8. The third-order valence-electron chi connectivity index (χ3n) is 5.93. The van der Waals surface area contributed by atoms with Crippen molar-refractivity contribution in [3.8, 4) is 0 Å². The van der Waals surface area contributed by atoms with Gasteiger partial charge in [-0.15, -0.1) is 24.0 Å². The van der Waals surface area contributed by atoms with Crippen molar-refractivity contribution in [2.24, 2.45) is 11.8 Å². The first-order valence-corrected chi connectivity index (χ1v) is 8.83. The van der Waals surface area contributed by atoms with Crippen LogP contribution in [0.5, 0.6) is 0 Å². The van der Waals surface area contributed by atoms with Crippen molar-refractivity contribution in [3.63, 3.8) is 0 Å². The Bertz CT molecular complexity index is 504. The Morgan fingerprint density at radius 1 is 0.826 bits per heavy atom. The molecule has 0 radical (unpaired) electrons. The van der Waals surface area contributed by atoms with Crippen molar-refractivity contribution in [3.05, 3.63) is 59.4 Å². The maximum Gasteiger partial charge on any atom is 0 e. The fourth-order valence-corrected chi connectivity index (χ4v) is 4.85. The molecule has 0 aliphatic heterocycles. The summed E-state index contributed by atoms with van der Waals surface area (Å²) >= 11 is 0. The van der Waals surface area contributed by atoms with E-state index in [4.69, 9.17) is 0 Å². The van der Waals surface area contributed by atoms with Crippen molar-refractivity contribution in [1.82, 2.24) is 0 Å². The third kappa shape index (κ3) is 3.56. The largest absolute Gasteiger partial charge is 1.00 e. The van der Waals surface area contributed by atoms with Crippen molar-refractivity contribution < 1.29 is 38.3 Å². The molecular formula is C21H26ClHf-3. The molecule has 2 atom stereocenters. The summed E-state index contributed by atoms with van der Waals surface area (Å²) in [5.74, 6) is 2.86. The molecule has 124 valence electrons. The van der Waals surface area contributed by atoms with Gasteiger partial charge in [-0.25, -0.2) is 0 Å². The Balaban J connectivity index is 0.000000960. The quantitative estimate of drug-likeness (QED) is 0.420. The maximum absolute atomic E-state index is 4.30. The molecule has 0 amide bonds. The van der Waals surface area contributed by atoms with Gasteiger partial charge >= 0.3 is 0 Å². The van der Waals surface area contributed by atoms with E-state index in [0.29, 0.717) is 11.8 Å². The molecule has 4 aliphatic rings. The Morgan fingerprint density at radius 3 is 1.70 bits per heavy atom. The monoisotopic (exact) mass is 493 g/mol. The van der Waals surface area contributed by atoms with E-state index in [2.05, 4.69) is 31.2 Å².